The molecule has 1 aliphatic heterocycles. The van der Waals surface area contributed by atoms with Gasteiger partial charge in [0.05, 0.1) is 5.75 Å². The molecule has 1 aromatic rings. The number of nitrogens with zero attached hydrogens (tertiary/aromatic N) is 3. The predicted octanol–water partition coefficient (Wildman–Crippen LogP) is 1.81. The van der Waals surface area contributed by atoms with Crippen LogP contribution in [0.4, 0.5) is 5.95 Å². The minimum atomic E-state index is -3.27. The first-order valence-corrected chi connectivity index (χ1v) is 11.1. The SMILES string of the molecule is CC(C)(C)CCS(=O)(=O)N(CCCc1ccnc(N)n1)C1CCNCC1. The molecule has 0 unspecified atom stereocenters. The lowest BCUT2D eigenvalue weighted by atomic mass is 9.94. The van der Waals surface area contributed by atoms with Gasteiger partial charge in [0, 0.05) is 24.5 Å². The zero-order valence-electron chi connectivity index (χ0n) is 16.2. The Balaban J connectivity index is 2.03. The van der Waals surface area contributed by atoms with Gasteiger partial charge in [-0.05, 0) is 56.7 Å². The van der Waals surface area contributed by atoms with Gasteiger partial charge in [0.15, 0.2) is 0 Å². The van der Waals surface area contributed by atoms with E-state index in [4.69, 9.17) is 5.73 Å². The molecule has 3 N–H and O–H groups in total. The van der Waals surface area contributed by atoms with Crippen LogP contribution in [-0.2, 0) is 16.4 Å². The van der Waals surface area contributed by atoms with Crippen LogP contribution < -0.4 is 11.1 Å². The smallest absolute Gasteiger partial charge is 0.220 e. The van der Waals surface area contributed by atoms with Crippen molar-refractivity contribution in [2.24, 2.45) is 5.41 Å². The highest BCUT2D eigenvalue weighted by molar-refractivity contribution is 7.89. The fourth-order valence-electron chi connectivity index (χ4n) is 3.16. The van der Waals surface area contributed by atoms with Gasteiger partial charge in [-0.1, -0.05) is 20.8 Å². The normalized spacial score (nSPS) is 16.9. The van der Waals surface area contributed by atoms with Crippen LogP contribution in [-0.4, -0.2) is 54.1 Å². The van der Waals surface area contributed by atoms with Crippen molar-refractivity contribution in [1.29, 1.82) is 0 Å². The van der Waals surface area contributed by atoms with E-state index in [0.717, 1.165) is 38.0 Å². The summed E-state index contributed by atoms with van der Waals surface area (Å²) in [7, 11) is -3.27. The molecule has 0 atom stereocenters. The molecule has 0 aliphatic carbocycles. The average Bonchev–Trinajstić information content (AvgIpc) is 2.57. The Hall–Kier alpha value is -1.25. The Morgan fingerprint density at radius 1 is 1.31 bits per heavy atom. The van der Waals surface area contributed by atoms with E-state index in [-0.39, 0.29) is 23.2 Å². The zero-order valence-corrected chi connectivity index (χ0v) is 17.1. The third-order valence-corrected chi connectivity index (χ3v) is 6.64. The van der Waals surface area contributed by atoms with Gasteiger partial charge in [0.2, 0.25) is 16.0 Å². The number of anilines is 1. The van der Waals surface area contributed by atoms with E-state index >= 15 is 0 Å². The van der Waals surface area contributed by atoms with Gasteiger partial charge >= 0.3 is 0 Å². The molecule has 8 heteroatoms. The number of aryl methyl sites for hydroxylation is 1. The molecule has 2 rings (SSSR count). The minimum Gasteiger partial charge on any atom is -0.368 e. The van der Waals surface area contributed by atoms with Crippen molar-refractivity contribution < 1.29 is 8.42 Å². The molecule has 1 saturated heterocycles. The number of nitrogens with two attached hydrogens (primary N) is 1. The number of hydrogen-bond acceptors (Lipinski definition) is 6. The summed E-state index contributed by atoms with van der Waals surface area (Å²) < 4.78 is 27.8. The molecule has 26 heavy (non-hydrogen) atoms. The van der Waals surface area contributed by atoms with Crippen LogP contribution >= 0.6 is 0 Å². The van der Waals surface area contributed by atoms with E-state index in [9.17, 15) is 8.42 Å². The molecule has 0 radical (unpaired) electrons. The fourth-order valence-corrected chi connectivity index (χ4v) is 5.34. The van der Waals surface area contributed by atoms with Crippen molar-refractivity contribution in [3.63, 3.8) is 0 Å². The van der Waals surface area contributed by atoms with Crippen molar-refractivity contribution in [2.75, 3.05) is 31.1 Å². The molecule has 7 nitrogen and oxygen atoms in total. The summed E-state index contributed by atoms with van der Waals surface area (Å²) in [6, 6.07) is 1.93. The third-order valence-electron chi connectivity index (χ3n) is 4.73. The van der Waals surface area contributed by atoms with Crippen LogP contribution in [0, 0.1) is 5.41 Å². The first-order chi connectivity index (χ1) is 12.2. The molecule has 0 amide bonds. The van der Waals surface area contributed by atoms with E-state index in [1.807, 2.05) is 6.07 Å². The van der Waals surface area contributed by atoms with E-state index in [1.54, 1.807) is 10.5 Å². The van der Waals surface area contributed by atoms with E-state index in [2.05, 4.69) is 36.1 Å². The summed E-state index contributed by atoms with van der Waals surface area (Å²) >= 11 is 0. The quantitative estimate of drug-likeness (QED) is 0.710. The standard InChI is InChI=1S/C18H33N5O2S/c1-18(2,3)9-14-26(24,25)23(16-7-10-20-11-8-16)13-4-5-15-6-12-21-17(19)22-15/h6,12,16,20H,4-5,7-11,13-14H2,1-3H3,(H2,19,21,22). The Bertz CT molecular complexity index is 666. The first-order valence-electron chi connectivity index (χ1n) is 9.45. The van der Waals surface area contributed by atoms with Crippen LogP contribution in [0.25, 0.3) is 0 Å². The number of sulfonamides is 1. The van der Waals surface area contributed by atoms with Gasteiger partial charge in [0.25, 0.3) is 0 Å². The van der Waals surface area contributed by atoms with Gasteiger partial charge in [-0.2, -0.15) is 4.31 Å². The minimum absolute atomic E-state index is 0.00530. The summed E-state index contributed by atoms with van der Waals surface area (Å²) in [4.78, 5) is 8.10. The number of rotatable bonds is 8. The van der Waals surface area contributed by atoms with Crippen molar-refractivity contribution in [3.05, 3.63) is 18.0 Å². The average molecular weight is 384 g/mol. The van der Waals surface area contributed by atoms with Crippen LogP contribution in [0.1, 0.15) is 52.1 Å². The molecule has 1 fully saturated rings. The maximum atomic E-state index is 13.0. The molecule has 0 aromatic carbocycles. The summed E-state index contributed by atoms with van der Waals surface area (Å²) in [6.45, 7) is 8.52. The number of hydrogen-bond donors (Lipinski definition) is 2. The second kappa shape index (κ2) is 9.10. The van der Waals surface area contributed by atoms with E-state index in [0.29, 0.717) is 19.4 Å². The molecule has 148 valence electrons. The molecule has 0 saturated carbocycles. The second-order valence-electron chi connectivity index (χ2n) is 8.23. The molecule has 1 aliphatic rings. The third kappa shape index (κ3) is 6.81. The molecular weight excluding hydrogens is 350 g/mol. The largest absolute Gasteiger partial charge is 0.368 e. The van der Waals surface area contributed by atoms with E-state index < -0.39 is 10.0 Å². The highest BCUT2D eigenvalue weighted by Crippen LogP contribution is 2.23. The van der Waals surface area contributed by atoms with Crippen LogP contribution in [0.2, 0.25) is 0 Å². The second-order valence-corrected chi connectivity index (χ2v) is 10.3. The van der Waals surface area contributed by atoms with Crippen molar-refractivity contribution in [3.8, 4) is 0 Å². The molecule has 2 heterocycles. The van der Waals surface area contributed by atoms with Crippen LogP contribution in [0.3, 0.4) is 0 Å². The lowest BCUT2D eigenvalue weighted by Gasteiger charge is -2.34. The van der Waals surface area contributed by atoms with Gasteiger partial charge in [-0.3, -0.25) is 0 Å². The topological polar surface area (TPSA) is 101 Å². The highest BCUT2D eigenvalue weighted by atomic mass is 32.2. The van der Waals surface area contributed by atoms with Crippen LogP contribution in [0.15, 0.2) is 12.3 Å². The number of nitrogen functional groups attached to an aromatic ring is 1. The molecule has 0 spiro atoms. The van der Waals surface area contributed by atoms with Gasteiger partial charge in [0.1, 0.15) is 0 Å². The summed E-state index contributed by atoms with van der Waals surface area (Å²) in [5.74, 6) is 0.469. The number of aromatic nitrogens is 2. The van der Waals surface area contributed by atoms with Crippen molar-refractivity contribution in [1.82, 2.24) is 19.6 Å². The summed E-state index contributed by atoms with van der Waals surface area (Å²) in [6.07, 6.45) is 5.48. The van der Waals surface area contributed by atoms with Gasteiger partial charge in [-0.15, -0.1) is 0 Å². The van der Waals surface area contributed by atoms with Crippen molar-refractivity contribution in [2.45, 2.75) is 58.9 Å². The number of piperidine rings is 1. The Labute approximate surface area is 157 Å². The van der Waals surface area contributed by atoms with Crippen molar-refractivity contribution >= 4 is 16.0 Å². The highest BCUT2D eigenvalue weighted by Gasteiger charge is 2.31. The molecular formula is C18H33N5O2S. The fraction of sp³-hybridized carbons (Fsp3) is 0.778. The lowest BCUT2D eigenvalue weighted by Crippen LogP contribution is -2.47. The maximum absolute atomic E-state index is 13.0. The van der Waals surface area contributed by atoms with Crippen LogP contribution in [0.5, 0.6) is 0 Å². The monoisotopic (exact) mass is 383 g/mol. The Morgan fingerprint density at radius 2 is 2.00 bits per heavy atom. The summed E-state index contributed by atoms with van der Waals surface area (Å²) in [5, 5.41) is 3.31. The Kier molecular flexibility index (Phi) is 7.37. The number of nitrogens with one attached hydrogen (secondary N) is 1. The molecule has 0 bridgehead atoms. The lowest BCUT2D eigenvalue weighted by molar-refractivity contribution is 0.258. The Morgan fingerprint density at radius 3 is 2.62 bits per heavy atom. The predicted molar refractivity (Wildman–Crippen MR) is 105 cm³/mol. The van der Waals surface area contributed by atoms with E-state index in [1.165, 1.54) is 0 Å². The first kappa shape index (κ1) is 21.1. The van der Waals surface area contributed by atoms with Gasteiger partial charge in [-0.25, -0.2) is 18.4 Å². The zero-order chi connectivity index (χ0) is 19.2. The van der Waals surface area contributed by atoms with Gasteiger partial charge < -0.3 is 11.1 Å². The molecule has 1 aromatic heterocycles. The summed E-state index contributed by atoms with van der Waals surface area (Å²) in [5.41, 5.74) is 6.48. The maximum Gasteiger partial charge on any atom is 0.220 e.